The number of amides is 1. The second kappa shape index (κ2) is 8.53. The van der Waals surface area contributed by atoms with Gasteiger partial charge in [0, 0.05) is 18.3 Å². The number of benzene rings is 1. The van der Waals surface area contributed by atoms with Gasteiger partial charge in [0.05, 0.1) is 39.8 Å². The molecule has 1 aromatic carbocycles. The highest BCUT2D eigenvalue weighted by molar-refractivity contribution is 6.02. The number of hydrogen-bond donors (Lipinski definition) is 2. The molecular weight excluding hydrogens is 340 g/mol. The number of nitrogens with one attached hydrogen (secondary N) is 2. The van der Waals surface area contributed by atoms with Crippen molar-refractivity contribution in [1.29, 1.82) is 0 Å². The predicted octanol–water partition coefficient (Wildman–Crippen LogP) is 1.54. The summed E-state index contributed by atoms with van der Waals surface area (Å²) in [6.07, 6.45) is 3.21. The Morgan fingerprint density at radius 2 is 1.92 bits per heavy atom. The molecule has 0 aliphatic carbocycles. The van der Waals surface area contributed by atoms with Crippen molar-refractivity contribution >= 4 is 17.6 Å². The Morgan fingerprint density at radius 1 is 1.27 bits per heavy atom. The van der Waals surface area contributed by atoms with Crippen LogP contribution in [0, 0.1) is 6.57 Å². The summed E-state index contributed by atoms with van der Waals surface area (Å²) < 4.78 is 15.2. The van der Waals surface area contributed by atoms with E-state index in [9.17, 15) is 9.59 Å². The molecule has 0 saturated carbocycles. The Bertz CT molecular complexity index is 801. The molecule has 1 atom stereocenters. The molecule has 0 aliphatic rings. The average molecular weight is 359 g/mol. The smallest absolute Gasteiger partial charge is 0.347 e. The van der Waals surface area contributed by atoms with Crippen molar-refractivity contribution in [2.75, 3.05) is 21.3 Å². The molecule has 0 spiro atoms. The first-order chi connectivity index (χ1) is 12.5. The molecule has 1 aromatic heterocycles. The molecule has 136 valence electrons. The van der Waals surface area contributed by atoms with Gasteiger partial charge < -0.3 is 24.5 Å². The molecule has 0 bridgehead atoms. The number of hydrogen-bond acceptors (Lipinski definition) is 6. The molecule has 0 saturated heterocycles. The van der Waals surface area contributed by atoms with Gasteiger partial charge in [-0.15, -0.1) is 0 Å². The van der Waals surface area contributed by atoms with Crippen LogP contribution in [0.15, 0.2) is 24.7 Å². The van der Waals surface area contributed by atoms with Crippen molar-refractivity contribution in [2.24, 2.45) is 0 Å². The van der Waals surface area contributed by atoms with Gasteiger partial charge in [-0.25, -0.2) is 9.78 Å². The van der Waals surface area contributed by atoms with Crippen molar-refractivity contribution in [1.82, 2.24) is 15.3 Å². The number of carbonyl (C=O) groups excluding carboxylic acids is 2. The minimum atomic E-state index is -0.929. The zero-order chi connectivity index (χ0) is 19.1. The molecule has 2 N–H and O–H groups in total. The van der Waals surface area contributed by atoms with E-state index in [2.05, 4.69) is 20.1 Å². The summed E-state index contributed by atoms with van der Waals surface area (Å²) in [7, 11) is 4.04. The third-order valence-corrected chi connectivity index (χ3v) is 3.64. The Labute approximate surface area is 150 Å². The van der Waals surface area contributed by atoms with Gasteiger partial charge in [-0.3, -0.25) is 4.79 Å². The fourth-order valence-electron chi connectivity index (χ4n) is 2.38. The highest BCUT2D eigenvalue weighted by Crippen LogP contribution is 2.34. The number of aromatic nitrogens is 2. The normalized spacial score (nSPS) is 11.2. The van der Waals surface area contributed by atoms with E-state index in [0.29, 0.717) is 11.4 Å². The van der Waals surface area contributed by atoms with E-state index in [1.54, 1.807) is 6.20 Å². The number of nitrogens with zero attached hydrogens (tertiary/aromatic N) is 2. The van der Waals surface area contributed by atoms with Crippen molar-refractivity contribution < 1.29 is 23.8 Å². The highest BCUT2D eigenvalue weighted by Gasteiger charge is 2.28. The largest absolute Gasteiger partial charge is 0.495 e. The average Bonchev–Trinajstić information content (AvgIpc) is 3.18. The van der Waals surface area contributed by atoms with Crippen molar-refractivity contribution in [3.8, 4) is 18.1 Å². The molecule has 9 heteroatoms. The number of rotatable bonds is 7. The number of aromatic amines is 1. The third-order valence-electron chi connectivity index (χ3n) is 3.64. The predicted molar refractivity (Wildman–Crippen MR) is 93.1 cm³/mol. The Kier molecular flexibility index (Phi) is 6.16. The highest BCUT2D eigenvalue weighted by atomic mass is 16.5. The molecule has 0 fully saturated rings. The van der Waals surface area contributed by atoms with Crippen LogP contribution in [0.4, 0.5) is 5.69 Å². The Hall–Kier alpha value is -3.54. The lowest BCUT2D eigenvalue weighted by atomic mass is 10.1. The lowest BCUT2D eigenvalue weighted by molar-refractivity contribution is -0.142. The van der Waals surface area contributed by atoms with Gasteiger partial charge in [0.2, 0.25) is 0 Å². The number of ether oxygens (including phenoxy) is 3. The zero-order valence-electron chi connectivity index (χ0n) is 14.6. The number of H-pyrrole nitrogens is 1. The van der Waals surface area contributed by atoms with Crippen LogP contribution < -0.4 is 14.8 Å². The lowest BCUT2D eigenvalue weighted by Crippen LogP contribution is -2.43. The Balaban J connectivity index is 2.34. The van der Waals surface area contributed by atoms with Gasteiger partial charge in [-0.05, 0) is 4.85 Å². The number of carbonyl (C=O) groups is 2. The van der Waals surface area contributed by atoms with Gasteiger partial charge in [-0.1, -0.05) is 0 Å². The molecule has 1 heterocycles. The van der Waals surface area contributed by atoms with Gasteiger partial charge in [0.15, 0.2) is 0 Å². The maximum absolute atomic E-state index is 12.8. The van der Waals surface area contributed by atoms with E-state index in [1.807, 2.05) is 0 Å². The van der Waals surface area contributed by atoms with E-state index in [1.165, 1.54) is 39.8 Å². The Morgan fingerprint density at radius 3 is 2.38 bits per heavy atom. The molecule has 26 heavy (non-hydrogen) atoms. The van der Waals surface area contributed by atoms with E-state index >= 15 is 0 Å². The zero-order valence-corrected chi connectivity index (χ0v) is 14.6. The molecule has 9 nitrogen and oxygen atoms in total. The van der Waals surface area contributed by atoms with Crippen molar-refractivity contribution in [3.63, 3.8) is 0 Å². The standard InChI is InChI=1S/C17H18N4O5/c1-18-10-6-13(24-2)15(14(7-10)25-3)16(22)21-12(17(23)26-4)5-11-8-19-9-20-11/h1,6-9,12H,5H2,2-4H3,(H-,19,20,21,22)/p+1/t12-/m1/s1. The van der Waals surface area contributed by atoms with Crippen LogP contribution in [0.3, 0.4) is 0 Å². The second-order valence-electron chi connectivity index (χ2n) is 5.18. The number of esters is 1. The van der Waals surface area contributed by atoms with Crippen LogP contribution in [0.2, 0.25) is 0 Å². The molecule has 0 radical (unpaired) electrons. The van der Waals surface area contributed by atoms with E-state index < -0.39 is 17.9 Å². The number of methoxy groups -OCH3 is 3. The maximum atomic E-state index is 12.8. The quantitative estimate of drug-likeness (QED) is 0.726. The van der Waals surface area contributed by atoms with Crippen LogP contribution in [0.1, 0.15) is 16.1 Å². The minimum Gasteiger partial charge on any atom is -0.495 e. The van der Waals surface area contributed by atoms with Crippen LogP contribution in [-0.4, -0.2) is 49.2 Å². The fourth-order valence-corrected chi connectivity index (χ4v) is 2.38. The van der Waals surface area contributed by atoms with E-state index in [-0.39, 0.29) is 23.5 Å². The van der Waals surface area contributed by atoms with Crippen LogP contribution in [0.25, 0.3) is 4.85 Å². The molecule has 0 unspecified atom stereocenters. The SMILES string of the molecule is C#[N+]c1cc(OC)c(C(=O)N[C@H](Cc2cnc[nH]2)C(=O)OC)c(OC)c1. The topological polar surface area (TPSA) is 107 Å². The molecular formula is C17H19N4O5+. The fraction of sp³-hybridized carbons (Fsp3) is 0.294. The minimum absolute atomic E-state index is 0.112. The van der Waals surface area contributed by atoms with Crippen LogP contribution in [-0.2, 0) is 16.0 Å². The summed E-state index contributed by atoms with van der Waals surface area (Å²) in [5.41, 5.74) is 1.15. The lowest BCUT2D eigenvalue weighted by Gasteiger charge is -2.18. The summed E-state index contributed by atoms with van der Waals surface area (Å²) in [5, 5.41) is 2.63. The second-order valence-corrected chi connectivity index (χ2v) is 5.18. The first-order valence-corrected chi connectivity index (χ1v) is 7.56. The van der Waals surface area contributed by atoms with Gasteiger partial charge in [-0.2, -0.15) is 0 Å². The number of imidazole rings is 1. The summed E-state index contributed by atoms with van der Waals surface area (Å²) in [6, 6.07) is 2.04. The van der Waals surface area contributed by atoms with Crippen molar-refractivity contribution in [3.05, 3.63) is 40.8 Å². The van der Waals surface area contributed by atoms with Crippen molar-refractivity contribution in [2.45, 2.75) is 12.5 Å². The summed E-state index contributed by atoms with van der Waals surface area (Å²) in [4.78, 5) is 35.2. The van der Waals surface area contributed by atoms with E-state index in [0.717, 1.165) is 0 Å². The molecule has 2 rings (SSSR count). The van der Waals surface area contributed by atoms with E-state index in [4.69, 9.17) is 20.8 Å². The third kappa shape index (κ3) is 4.10. The van der Waals surface area contributed by atoms with Crippen LogP contribution >= 0.6 is 0 Å². The molecule has 1 amide bonds. The molecule has 0 aliphatic heterocycles. The maximum Gasteiger partial charge on any atom is 0.347 e. The monoisotopic (exact) mass is 359 g/mol. The van der Waals surface area contributed by atoms with Gasteiger partial charge in [0.25, 0.3) is 12.5 Å². The van der Waals surface area contributed by atoms with Gasteiger partial charge in [0.1, 0.15) is 23.1 Å². The van der Waals surface area contributed by atoms with Crippen LogP contribution in [0.5, 0.6) is 11.5 Å². The molecule has 2 aromatic rings. The van der Waals surface area contributed by atoms with Gasteiger partial charge >= 0.3 is 11.7 Å². The summed E-state index contributed by atoms with van der Waals surface area (Å²) in [5.74, 6) is -0.760. The summed E-state index contributed by atoms with van der Waals surface area (Å²) in [6.45, 7) is 5.28. The summed E-state index contributed by atoms with van der Waals surface area (Å²) >= 11 is 0. The first-order valence-electron chi connectivity index (χ1n) is 7.56. The first kappa shape index (κ1) is 18.8.